The smallest absolute Gasteiger partial charge is 0.326 e. The number of esters is 1. The molecule has 0 atom stereocenters. The Labute approximate surface area is 240 Å². The fourth-order valence-electron chi connectivity index (χ4n) is 4.17. The topological polar surface area (TPSA) is 67.9 Å². The highest BCUT2D eigenvalue weighted by Crippen LogP contribution is 2.32. The maximum atomic E-state index is 13.6. The summed E-state index contributed by atoms with van der Waals surface area (Å²) >= 11 is 1.60. The van der Waals surface area contributed by atoms with Crippen molar-refractivity contribution >= 4 is 35.1 Å². The van der Waals surface area contributed by atoms with Crippen LogP contribution in [0.25, 0.3) is 0 Å². The number of para-hydroxylation sites is 2. The number of anilines is 2. The number of hydrogen-bond acceptors (Lipinski definition) is 5. The molecular weight excluding hydrogens is 520 g/mol. The minimum atomic E-state index is -0.228. The van der Waals surface area contributed by atoms with Crippen molar-refractivity contribution in [3.05, 3.63) is 114 Å². The average Bonchev–Trinajstić information content (AvgIpc) is 2.96. The van der Waals surface area contributed by atoms with Crippen molar-refractivity contribution in [3.63, 3.8) is 0 Å². The summed E-state index contributed by atoms with van der Waals surface area (Å²) in [6, 6.07) is 33.2. The summed E-state index contributed by atoms with van der Waals surface area (Å²) in [5.41, 5.74) is 3.50. The molecule has 0 saturated heterocycles. The molecule has 4 rings (SSSR count). The molecule has 0 aliphatic rings. The zero-order valence-corrected chi connectivity index (χ0v) is 23.7. The van der Waals surface area contributed by atoms with Gasteiger partial charge in [0.1, 0.15) is 5.75 Å². The van der Waals surface area contributed by atoms with E-state index in [-0.39, 0.29) is 18.4 Å². The lowest BCUT2D eigenvalue weighted by Crippen LogP contribution is -2.36. The predicted molar refractivity (Wildman–Crippen MR) is 161 cm³/mol. The molecule has 7 heteroatoms. The van der Waals surface area contributed by atoms with Crippen molar-refractivity contribution in [2.24, 2.45) is 0 Å². The Balaban J connectivity index is 1.53. The van der Waals surface area contributed by atoms with E-state index in [1.54, 1.807) is 23.6 Å². The summed E-state index contributed by atoms with van der Waals surface area (Å²) in [5, 5.41) is 3.05. The molecule has 4 aromatic rings. The number of carbonyl (C=O) groups is 2. The monoisotopic (exact) mass is 554 g/mol. The zero-order valence-electron chi connectivity index (χ0n) is 22.8. The van der Waals surface area contributed by atoms with Crippen molar-refractivity contribution < 1.29 is 19.1 Å². The second kappa shape index (κ2) is 14.8. The maximum absolute atomic E-state index is 13.6. The summed E-state index contributed by atoms with van der Waals surface area (Å²) in [7, 11) is 0. The summed E-state index contributed by atoms with van der Waals surface area (Å²) in [6.45, 7) is 5.11. The van der Waals surface area contributed by atoms with Crippen LogP contribution in [0, 0.1) is 0 Å². The van der Waals surface area contributed by atoms with Gasteiger partial charge in [0.05, 0.1) is 25.3 Å². The fourth-order valence-corrected chi connectivity index (χ4v) is 5.04. The van der Waals surface area contributed by atoms with E-state index in [0.29, 0.717) is 37.6 Å². The molecule has 2 amide bonds. The van der Waals surface area contributed by atoms with Crippen molar-refractivity contribution in [2.45, 2.75) is 36.5 Å². The largest absolute Gasteiger partial charge is 0.492 e. The molecule has 1 N–H and O–H groups in total. The fraction of sp³-hybridized carbons (Fsp3) is 0.212. The molecule has 40 heavy (non-hydrogen) atoms. The lowest BCUT2D eigenvalue weighted by Gasteiger charge is -2.24. The Morgan fingerprint density at radius 1 is 0.775 bits per heavy atom. The number of rotatable bonds is 12. The molecule has 206 valence electrons. The van der Waals surface area contributed by atoms with Gasteiger partial charge in [-0.15, -0.1) is 0 Å². The van der Waals surface area contributed by atoms with Crippen molar-refractivity contribution in [2.75, 3.05) is 30.0 Å². The SMILES string of the molecule is CCOC(=O)Cc1ccc(Sc2cccc(N(CCc3ccccc3)C(=O)Nc3ccccc3OCC)c2)cc1. The van der Waals surface area contributed by atoms with Gasteiger partial charge in [-0.05, 0) is 73.9 Å². The molecule has 0 heterocycles. The van der Waals surface area contributed by atoms with Crippen LogP contribution < -0.4 is 15.0 Å². The molecular formula is C33H34N2O4S. The number of amides is 2. The lowest BCUT2D eigenvalue weighted by atomic mass is 10.1. The number of nitrogens with zero attached hydrogens (tertiary/aromatic N) is 1. The third kappa shape index (κ3) is 8.38. The number of benzene rings is 4. The van der Waals surface area contributed by atoms with Gasteiger partial charge < -0.3 is 14.8 Å². The standard InChI is InChI=1S/C33H34N2O4S/c1-3-38-31-16-9-8-15-30(31)34-33(37)35(22-21-25-11-6-5-7-12-25)27-13-10-14-29(24-27)40-28-19-17-26(18-20-28)23-32(36)39-4-2/h5-20,24H,3-4,21-23H2,1-2H3,(H,34,37). The van der Waals surface area contributed by atoms with E-state index in [9.17, 15) is 9.59 Å². The lowest BCUT2D eigenvalue weighted by molar-refractivity contribution is -0.142. The number of ether oxygens (including phenoxy) is 2. The van der Waals surface area contributed by atoms with Gasteiger partial charge in [0.15, 0.2) is 0 Å². The predicted octanol–water partition coefficient (Wildman–Crippen LogP) is 7.62. The number of nitrogens with one attached hydrogen (secondary N) is 1. The first kappa shape index (κ1) is 28.8. The molecule has 0 aliphatic carbocycles. The molecule has 0 fully saturated rings. The highest BCUT2D eigenvalue weighted by molar-refractivity contribution is 7.99. The molecule has 6 nitrogen and oxygen atoms in total. The second-order valence-corrected chi connectivity index (χ2v) is 10.1. The van der Waals surface area contributed by atoms with Gasteiger partial charge in [-0.1, -0.05) is 72.4 Å². The summed E-state index contributed by atoms with van der Waals surface area (Å²) in [5.74, 6) is 0.408. The minimum Gasteiger partial charge on any atom is -0.492 e. The quantitative estimate of drug-likeness (QED) is 0.182. The Bertz CT molecular complexity index is 1390. The van der Waals surface area contributed by atoms with Gasteiger partial charge in [0, 0.05) is 22.0 Å². The van der Waals surface area contributed by atoms with Gasteiger partial charge in [-0.25, -0.2) is 4.79 Å². The van der Waals surface area contributed by atoms with Crippen LogP contribution >= 0.6 is 11.8 Å². The Kier molecular flexibility index (Phi) is 10.6. The zero-order chi connectivity index (χ0) is 28.2. The van der Waals surface area contributed by atoms with Gasteiger partial charge in [-0.3, -0.25) is 9.69 Å². The third-order valence-electron chi connectivity index (χ3n) is 6.08. The van der Waals surface area contributed by atoms with E-state index >= 15 is 0 Å². The van der Waals surface area contributed by atoms with E-state index in [1.165, 1.54) is 0 Å². The summed E-state index contributed by atoms with van der Waals surface area (Å²) in [4.78, 5) is 29.2. The summed E-state index contributed by atoms with van der Waals surface area (Å²) in [6.07, 6.45) is 0.965. The van der Waals surface area contributed by atoms with Crippen LogP contribution in [0.5, 0.6) is 5.75 Å². The molecule has 0 bridgehead atoms. The van der Waals surface area contributed by atoms with Crippen LogP contribution in [0.4, 0.5) is 16.2 Å². The first-order chi connectivity index (χ1) is 19.6. The molecule has 0 spiro atoms. The van der Waals surface area contributed by atoms with Crippen LogP contribution in [0.2, 0.25) is 0 Å². The van der Waals surface area contributed by atoms with Gasteiger partial charge in [0.2, 0.25) is 0 Å². The Morgan fingerprint density at radius 2 is 1.52 bits per heavy atom. The van der Waals surface area contributed by atoms with E-state index in [1.807, 2.05) is 97.9 Å². The second-order valence-electron chi connectivity index (χ2n) is 8.97. The first-order valence-corrected chi connectivity index (χ1v) is 14.2. The molecule has 0 aliphatic heterocycles. The summed E-state index contributed by atoms with van der Waals surface area (Å²) < 4.78 is 10.8. The highest BCUT2D eigenvalue weighted by atomic mass is 32.2. The van der Waals surface area contributed by atoms with Crippen LogP contribution in [0.3, 0.4) is 0 Å². The Morgan fingerprint density at radius 3 is 2.27 bits per heavy atom. The molecule has 4 aromatic carbocycles. The third-order valence-corrected chi connectivity index (χ3v) is 7.08. The van der Waals surface area contributed by atoms with E-state index in [4.69, 9.17) is 9.47 Å². The molecule has 0 saturated carbocycles. The average molecular weight is 555 g/mol. The van der Waals surface area contributed by atoms with Crippen molar-refractivity contribution in [3.8, 4) is 5.75 Å². The van der Waals surface area contributed by atoms with Crippen LogP contribution in [-0.4, -0.2) is 31.8 Å². The molecule has 0 aromatic heterocycles. The van der Waals surface area contributed by atoms with Crippen LogP contribution in [-0.2, 0) is 22.4 Å². The van der Waals surface area contributed by atoms with E-state index in [0.717, 1.165) is 26.6 Å². The van der Waals surface area contributed by atoms with E-state index in [2.05, 4.69) is 17.4 Å². The van der Waals surface area contributed by atoms with Crippen LogP contribution in [0.1, 0.15) is 25.0 Å². The normalized spacial score (nSPS) is 10.6. The van der Waals surface area contributed by atoms with Gasteiger partial charge >= 0.3 is 12.0 Å². The van der Waals surface area contributed by atoms with E-state index < -0.39 is 0 Å². The minimum absolute atomic E-state index is 0.228. The molecule has 0 radical (unpaired) electrons. The highest BCUT2D eigenvalue weighted by Gasteiger charge is 2.18. The van der Waals surface area contributed by atoms with Crippen molar-refractivity contribution in [1.82, 2.24) is 0 Å². The van der Waals surface area contributed by atoms with Gasteiger partial charge in [0.25, 0.3) is 0 Å². The maximum Gasteiger partial charge on any atom is 0.326 e. The first-order valence-electron chi connectivity index (χ1n) is 13.4. The number of hydrogen-bond donors (Lipinski definition) is 1. The van der Waals surface area contributed by atoms with Crippen molar-refractivity contribution in [1.29, 1.82) is 0 Å². The molecule has 0 unspecified atom stereocenters. The van der Waals surface area contributed by atoms with Crippen LogP contribution in [0.15, 0.2) is 113 Å². The van der Waals surface area contributed by atoms with Gasteiger partial charge in [-0.2, -0.15) is 0 Å². The Hall–Kier alpha value is -4.23. The number of urea groups is 1. The number of carbonyl (C=O) groups excluding carboxylic acids is 2.